The molecule has 0 spiro atoms. The van der Waals surface area contributed by atoms with Gasteiger partial charge in [-0.15, -0.1) is 0 Å². The Labute approximate surface area is 125 Å². The molecule has 1 aromatic carbocycles. The first-order chi connectivity index (χ1) is 10.1. The van der Waals surface area contributed by atoms with Crippen molar-refractivity contribution in [2.75, 3.05) is 0 Å². The van der Waals surface area contributed by atoms with Gasteiger partial charge in [0.2, 0.25) is 0 Å². The van der Waals surface area contributed by atoms with Crippen LogP contribution in [0.1, 0.15) is 18.2 Å². The highest BCUT2D eigenvalue weighted by molar-refractivity contribution is 7.71. The van der Waals surface area contributed by atoms with E-state index in [0.29, 0.717) is 10.5 Å². The van der Waals surface area contributed by atoms with E-state index in [1.165, 1.54) is 12.1 Å². The fraction of sp³-hybridized carbons (Fsp3) is 0.214. The van der Waals surface area contributed by atoms with Crippen molar-refractivity contribution >= 4 is 23.4 Å². The average molecular weight is 301 g/mol. The number of nitrogens with zero attached hydrogens (tertiary/aromatic N) is 4. The van der Waals surface area contributed by atoms with Crippen LogP contribution in [0.3, 0.4) is 0 Å². The summed E-state index contributed by atoms with van der Waals surface area (Å²) >= 11 is 5.36. The molecule has 0 amide bonds. The second-order valence-electron chi connectivity index (χ2n) is 4.66. The van der Waals surface area contributed by atoms with Gasteiger partial charge in [-0.1, -0.05) is 6.92 Å². The highest BCUT2D eigenvalue weighted by atomic mass is 32.1. The summed E-state index contributed by atoms with van der Waals surface area (Å²) in [7, 11) is 1.82. The molecule has 21 heavy (non-hydrogen) atoms. The van der Waals surface area contributed by atoms with Gasteiger partial charge in [0.05, 0.1) is 16.9 Å². The predicted molar refractivity (Wildman–Crippen MR) is 79.3 cm³/mol. The van der Waals surface area contributed by atoms with Crippen LogP contribution in [-0.2, 0) is 13.5 Å². The topological polar surface area (TPSA) is 62.3 Å². The van der Waals surface area contributed by atoms with Crippen LogP contribution < -0.4 is 0 Å². The Kier molecular flexibility index (Phi) is 3.11. The number of benzene rings is 1. The van der Waals surface area contributed by atoms with E-state index in [9.17, 15) is 9.65 Å². The second kappa shape index (κ2) is 4.82. The number of imidazole rings is 1. The minimum absolute atomic E-state index is 0.228. The molecule has 7 heteroatoms. The second-order valence-corrected chi connectivity index (χ2v) is 5.05. The molecule has 0 aliphatic rings. The largest absolute Gasteiger partial charge is 0.327 e. The Hall–Kier alpha value is -2.46. The maximum absolute atomic E-state index is 13.3. The van der Waals surface area contributed by atoms with Gasteiger partial charge in [0.1, 0.15) is 17.4 Å². The lowest BCUT2D eigenvalue weighted by Crippen LogP contribution is -2.03. The molecule has 2 aromatic heterocycles. The van der Waals surface area contributed by atoms with E-state index < -0.39 is 5.82 Å². The number of halogens is 1. The van der Waals surface area contributed by atoms with Crippen LogP contribution in [0, 0.1) is 21.9 Å². The van der Waals surface area contributed by atoms with Crippen LogP contribution in [0.25, 0.3) is 16.9 Å². The van der Waals surface area contributed by atoms with Crippen LogP contribution in [0.4, 0.5) is 4.39 Å². The Morgan fingerprint density at radius 3 is 2.90 bits per heavy atom. The zero-order valence-electron chi connectivity index (χ0n) is 11.5. The van der Waals surface area contributed by atoms with Crippen molar-refractivity contribution < 1.29 is 4.39 Å². The Bertz CT molecular complexity index is 941. The van der Waals surface area contributed by atoms with Crippen molar-refractivity contribution in [2.24, 2.45) is 7.05 Å². The lowest BCUT2D eigenvalue weighted by Gasteiger charge is -2.07. The first-order valence-electron chi connectivity index (χ1n) is 6.43. The van der Waals surface area contributed by atoms with Gasteiger partial charge in [-0.2, -0.15) is 10.4 Å². The van der Waals surface area contributed by atoms with Crippen molar-refractivity contribution in [3.8, 4) is 11.8 Å². The lowest BCUT2D eigenvalue weighted by atomic mass is 10.2. The molecular weight excluding hydrogens is 289 g/mol. The Morgan fingerprint density at radius 2 is 2.24 bits per heavy atom. The third kappa shape index (κ3) is 1.96. The fourth-order valence-electron chi connectivity index (χ4n) is 2.48. The predicted octanol–water partition coefficient (Wildman–Crippen LogP) is 2.99. The van der Waals surface area contributed by atoms with Gasteiger partial charge in [0.15, 0.2) is 10.4 Å². The van der Waals surface area contributed by atoms with Gasteiger partial charge in [-0.05, 0) is 36.8 Å². The lowest BCUT2D eigenvalue weighted by molar-refractivity contribution is 0.626. The molecule has 0 fully saturated rings. The molecule has 0 aliphatic carbocycles. The van der Waals surface area contributed by atoms with Gasteiger partial charge in [0.25, 0.3) is 0 Å². The van der Waals surface area contributed by atoms with Crippen LogP contribution in [0.15, 0.2) is 18.2 Å². The molecule has 0 unspecified atom stereocenters. The number of fused-ring (bicyclic) bond motifs is 1. The molecular formula is C14H12FN5S. The van der Waals surface area contributed by atoms with Crippen molar-refractivity contribution in [1.29, 1.82) is 5.26 Å². The van der Waals surface area contributed by atoms with Crippen molar-refractivity contribution in [1.82, 2.24) is 19.3 Å². The maximum Gasteiger partial charge on any atom is 0.184 e. The molecule has 0 saturated carbocycles. The van der Waals surface area contributed by atoms with E-state index in [1.807, 2.05) is 20.0 Å². The number of aromatic amines is 1. The summed E-state index contributed by atoms with van der Waals surface area (Å²) in [5.74, 6) is -0.451. The van der Waals surface area contributed by atoms with Crippen LogP contribution >= 0.6 is 12.2 Å². The molecule has 0 radical (unpaired) electrons. The van der Waals surface area contributed by atoms with Crippen molar-refractivity contribution in [2.45, 2.75) is 13.3 Å². The average Bonchev–Trinajstić information content (AvgIpc) is 2.96. The van der Waals surface area contributed by atoms with Crippen LogP contribution in [0.2, 0.25) is 0 Å². The van der Waals surface area contributed by atoms with E-state index in [4.69, 9.17) is 12.2 Å². The van der Waals surface area contributed by atoms with Gasteiger partial charge >= 0.3 is 0 Å². The van der Waals surface area contributed by atoms with E-state index in [-0.39, 0.29) is 5.56 Å². The zero-order valence-corrected chi connectivity index (χ0v) is 12.3. The Balaban J connectivity index is 2.41. The number of aromatic nitrogens is 4. The quantitative estimate of drug-likeness (QED) is 0.740. The number of hydrogen-bond acceptors (Lipinski definition) is 3. The first-order valence-corrected chi connectivity index (χ1v) is 6.84. The molecule has 5 nitrogen and oxygen atoms in total. The van der Waals surface area contributed by atoms with E-state index in [2.05, 4.69) is 10.1 Å². The normalized spacial score (nSPS) is 11.0. The number of nitriles is 1. The summed E-state index contributed by atoms with van der Waals surface area (Å²) in [5.41, 5.74) is 3.28. The molecule has 3 aromatic rings. The minimum Gasteiger partial charge on any atom is -0.327 e. The summed E-state index contributed by atoms with van der Waals surface area (Å²) in [6, 6.07) is 6.07. The molecule has 2 heterocycles. The molecule has 1 N–H and O–H groups in total. The highest BCUT2D eigenvalue weighted by Crippen LogP contribution is 2.24. The standard InChI is InChI=1S/C14H12FN5S/c1-3-10-12-13(19(2)18-10)20(14(21)17-12)11-5-4-9(15)6-8(11)7-16/h4-6H,3H2,1-2H3,(H,17,21). The summed E-state index contributed by atoms with van der Waals surface area (Å²) in [6.07, 6.45) is 0.765. The molecule has 0 aliphatic heterocycles. The molecule has 3 rings (SSSR count). The Morgan fingerprint density at radius 1 is 1.48 bits per heavy atom. The SMILES string of the molecule is CCc1nn(C)c2c1[nH]c(=S)n2-c1ccc(F)cc1C#N. The number of hydrogen-bond donors (Lipinski definition) is 1. The monoisotopic (exact) mass is 301 g/mol. The summed E-state index contributed by atoms with van der Waals surface area (Å²) in [6.45, 7) is 2.01. The summed E-state index contributed by atoms with van der Waals surface area (Å²) in [5, 5.41) is 13.7. The number of aryl methyl sites for hydroxylation is 2. The molecule has 0 saturated heterocycles. The van der Waals surface area contributed by atoms with Crippen LogP contribution in [-0.4, -0.2) is 19.3 Å². The van der Waals surface area contributed by atoms with E-state index in [1.54, 1.807) is 15.3 Å². The third-order valence-electron chi connectivity index (χ3n) is 3.39. The molecule has 0 bridgehead atoms. The maximum atomic E-state index is 13.3. The van der Waals surface area contributed by atoms with Gasteiger partial charge in [0, 0.05) is 7.05 Å². The van der Waals surface area contributed by atoms with Crippen molar-refractivity contribution in [3.63, 3.8) is 0 Å². The highest BCUT2D eigenvalue weighted by Gasteiger charge is 2.17. The van der Waals surface area contributed by atoms with Gasteiger partial charge in [-0.3, -0.25) is 4.57 Å². The fourth-order valence-corrected chi connectivity index (χ4v) is 2.76. The van der Waals surface area contributed by atoms with E-state index in [0.717, 1.165) is 23.3 Å². The molecule has 0 atom stereocenters. The number of rotatable bonds is 2. The summed E-state index contributed by atoms with van der Waals surface area (Å²) in [4.78, 5) is 3.12. The smallest absolute Gasteiger partial charge is 0.184 e. The summed E-state index contributed by atoms with van der Waals surface area (Å²) < 4.78 is 17.2. The van der Waals surface area contributed by atoms with Gasteiger partial charge < -0.3 is 4.98 Å². The first kappa shape index (κ1) is 13.5. The zero-order chi connectivity index (χ0) is 15.1. The third-order valence-corrected chi connectivity index (χ3v) is 3.68. The van der Waals surface area contributed by atoms with Gasteiger partial charge in [-0.25, -0.2) is 9.07 Å². The number of nitrogens with one attached hydrogen (secondary N) is 1. The molecule has 106 valence electrons. The van der Waals surface area contributed by atoms with Crippen molar-refractivity contribution in [3.05, 3.63) is 40.0 Å². The van der Waals surface area contributed by atoms with Crippen LogP contribution in [0.5, 0.6) is 0 Å². The minimum atomic E-state index is -0.451. The number of H-pyrrole nitrogens is 1. The van der Waals surface area contributed by atoms with E-state index >= 15 is 0 Å².